The molecule has 0 saturated carbocycles. The van der Waals surface area contributed by atoms with Crippen molar-refractivity contribution < 1.29 is 0 Å². The molecule has 2 aromatic carbocycles. The van der Waals surface area contributed by atoms with Crippen LogP contribution in [0.15, 0.2) is 48.5 Å². The van der Waals surface area contributed by atoms with Gasteiger partial charge in [-0.15, -0.1) is 0 Å². The van der Waals surface area contributed by atoms with Crippen molar-refractivity contribution in [2.24, 2.45) is 5.73 Å². The van der Waals surface area contributed by atoms with Crippen molar-refractivity contribution in [3.05, 3.63) is 64.7 Å². The lowest BCUT2D eigenvalue weighted by Gasteiger charge is -2.30. The number of hydrogen-bond donors (Lipinski definition) is 1. The van der Waals surface area contributed by atoms with Gasteiger partial charge in [-0.05, 0) is 36.2 Å². The van der Waals surface area contributed by atoms with E-state index < -0.39 is 0 Å². The van der Waals surface area contributed by atoms with Gasteiger partial charge in [0.1, 0.15) is 0 Å². The Morgan fingerprint density at radius 3 is 2.32 bits per heavy atom. The quantitative estimate of drug-likeness (QED) is 0.919. The zero-order valence-corrected chi connectivity index (χ0v) is 12.1. The molecular weight excluding hydrogens is 256 g/mol. The summed E-state index contributed by atoms with van der Waals surface area (Å²) in [6.07, 6.45) is 0. The molecule has 1 unspecified atom stereocenters. The summed E-state index contributed by atoms with van der Waals surface area (Å²) >= 11 is 5.94. The highest BCUT2D eigenvalue weighted by molar-refractivity contribution is 6.30. The highest BCUT2D eigenvalue weighted by Gasteiger charge is 2.16. The molecule has 0 heterocycles. The summed E-state index contributed by atoms with van der Waals surface area (Å²) < 4.78 is 0. The number of nitrogens with two attached hydrogens (primary N) is 1. The lowest BCUT2D eigenvalue weighted by molar-refractivity contribution is 0.679. The lowest BCUT2D eigenvalue weighted by atomic mass is 10.0. The normalized spacial score (nSPS) is 12.2. The molecule has 0 saturated heterocycles. The first kappa shape index (κ1) is 13.9. The van der Waals surface area contributed by atoms with E-state index >= 15 is 0 Å². The molecule has 0 aliphatic carbocycles. The zero-order valence-electron chi connectivity index (χ0n) is 11.3. The third-order valence-corrected chi connectivity index (χ3v) is 3.69. The minimum Gasteiger partial charge on any atom is -0.366 e. The Morgan fingerprint density at radius 2 is 1.74 bits per heavy atom. The molecule has 0 amide bonds. The average molecular weight is 275 g/mol. The number of halogens is 1. The molecule has 0 aliphatic heterocycles. The van der Waals surface area contributed by atoms with E-state index in [-0.39, 0.29) is 6.04 Å². The molecule has 19 heavy (non-hydrogen) atoms. The maximum absolute atomic E-state index is 5.96. The smallest absolute Gasteiger partial charge is 0.0661 e. The first-order valence-corrected chi connectivity index (χ1v) is 6.75. The fourth-order valence-electron chi connectivity index (χ4n) is 2.33. The number of para-hydroxylation sites is 1. The molecule has 0 radical (unpaired) electrons. The topological polar surface area (TPSA) is 29.3 Å². The van der Waals surface area contributed by atoms with Crippen molar-refractivity contribution in [3.8, 4) is 0 Å². The summed E-state index contributed by atoms with van der Waals surface area (Å²) in [5.74, 6) is 0. The summed E-state index contributed by atoms with van der Waals surface area (Å²) in [4.78, 5) is 2.22. The Bertz CT molecular complexity index is 537. The number of anilines is 1. The Labute approximate surface area is 119 Å². The van der Waals surface area contributed by atoms with Crippen LogP contribution in [0, 0.1) is 6.92 Å². The van der Waals surface area contributed by atoms with E-state index in [1.807, 2.05) is 36.4 Å². The molecule has 2 nitrogen and oxygen atoms in total. The molecule has 0 fully saturated rings. The van der Waals surface area contributed by atoms with Gasteiger partial charge in [-0.1, -0.05) is 41.9 Å². The van der Waals surface area contributed by atoms with E-state index in [1.165, 1.54) is 16.8 Å². The first-order chi connectivity index (χ1) is 9.13. The molecule has 0 bridgehead atoms. The van der Waals surface area contributed by atoms with Crippen LogP contribution in [0.5, 0.6) is 0 Å². The van der Waals surface area contributed by atoms with Crippen molar-refractivity contribution in [1.82, 2.24) is 0 Å². The van der Waals surface area contributed by atoms with E-state index in [2.05, 4.69) is 31.0 Å². The molecule has 100 valence electrons. The molecule has 0 spiro atoms. The summed E-state index contributed by atoms with van der Waals surface area (Å²) in [6, 6.07) is 16.4. The van der Waals surface area contributed by atoms with Gasteiger partial charge >= 0.3 is 0 Å². The van der Waals surface area contributed by atoms with E-state index in [1.54, 1.807) is 0 Å². The number of nitrogens with zero attached hydrogens (tertiary/aromatic N) is 1. The van der Waals surface area contributed by atoms with Crippen LogP contribution in [-0.4, -0.2) is 13.6 Å². The van der Waals surface area contributed by atoms with E-state index in [0.29, 0.717) is 6.54 Å². The van der Waals surface area contributed by atoms with Crippen molar-refractivity contribution in [2.75, 3.05) is 18.5 Å². The van der Waals surface area contributed by atoms with Gasteiger partial charge in [0, 0.05) is 24.3 Å². The van der Waals surface area contributed by atoms with Gasteiger partial charge in [0.25, 0.3) is 0 Å². The predicted octanol–water partition coefficient (Wildman–Crippen LogP) is 3.78. The fourth-order valence-corrected chi connectivity index (χ4v) is 2.46. The van der Waals surface area contributed by atoms with Gasteiger partial charge in [0.05, 0.1) is 6.04 Å². The third kappa shape index (κ3) is 3.09. The minimum atomic E-state index is 0.151. The van der Waals surface area contributed by atoms with Gasteiger partial charge in [0.2, 0.25) is 0 Å². The van der Waals surface area contributed by atoms with Gasteiger partial charge in [0.15, 0.2) is 0 Å². The summed E-state index contributed by atoms with van der Waals surface area (Å²) in [6.45, 7) is 2.67. The molecule has 2 rings (SSSR count). The minimum absolute atomic E-state index is 0.151. The van der Waals surface area contributed by atoms with E-state index in [0.717, 1.165) is 5.02 Å². The largest absolute Gasteiger partial charge is 0.366 e. The fraction of sp³-hybridized carbons (Fsp3) is 0.250. The molecular formula is C16H19ClN2. The van der Waals surface area contributed by atoms with E-state index in [9.17, 15) is 0 Å². The summed E-state index contributed by atoms with van der Waals surface area (Å²) in [5.41, 5.74) is 9.58. The number of likely N-dealkylation sites (N-methyl/N-ethyl adjacent to an activating group) is 1. The number of hydrogen-bond acceptors (Lipinski definition) is 2. The van der Waals surface area contributed by atoms with Crippen molar-refractivity contribution in [3.63, 3.8) is 0 Å². The van der Waals surface area contributed by atoms with Gasteiger partial charge in [-0.3, -0.25) is 0 Å². The molecule has 2 N–H and O–H groups in total. The second kappa shape index (κ2) is 6.09. The van der Waals surface area contributed by atoms with Gasteiger partial charge in [-0.2, -0.15) is 0 Å². The Kier molecular flexibility index (Phi) is 4.46. The summed E-state index contributed by atoms with van der Waals surface area (Å²) in [7, 11) is 2.08. The highest BCUT2D eigenvalue weighted by atomic mass is 35.5. The molecule has 0 aromatic heterocycles. The Balaban J connectivity index is 2.32. The third-order valence-electron chi connectivity index (χ3n) is 3.44. The van der Waals surface area contributed by atoms with Crippen molar-refractivity contribution in [1.29, 1.82) is 0 Å². The van der Waals surface area contributed by atoms with Gasteiger partial charge < -0.3 is 10.6 Å². The van der Waals surface area contributed by atoms with Crippen molar-refractivity contribution in [2.45, 2.75) is 13.0 Å². The molecule has 1 atom stereocenters. The second-order valence-electron chi connectivity index (χ2n) is 4.70. The van der Waals surface area contributed by atoms with Crippen LogP contribution in [-0.2, 0) is 0 Å². The molecule has 3 heteroatoms. The van der Waals surface area contributed by atoms with Crippen LogP contribution < -0.4 is 10.6 Å². The van der Waals surface area contributed by atoms with Crippen LogP contribution in [0.4, 0.5) is 5.69 Å². The Hall–Kier alpha value is -1.51. The number of aryl methyl sites for hydroxylation is 1. The lowest BCUT2D eigenvalue weighted by Crippen LogP contribution is -2.30. The van der Waals surface area contributed by atoms with Crippen LogP contribution in [0.2, 0.25) is 5.02 Å². The monoisotopic (exact) mass is 274 g/mol. The van der Waals surface area contributed by atoms with E-state index in [4.69, 9.17) is 17.3 Å². The molecule has 2 aromatic rings. The highest BCUT2D eigenvalue weighted by Crippen LogP contribution is 2.28. The van der Waals surface area contributed by atoms with Crippen LogP contribution >= 0.6 is 11.6 Å². The van der Waals surface area contributed by atoms with Crippen LogP contribution in [0.3, 0.4) is 0 Å². The number of rotatable bonds is 4. The predicted molar refractivity (Wildman–Crippen MR) is 82.8 cm³/mol. The summed E-state index contributed by atoms with van der Waals surface area (Å²) in [5, 5.41) is 0.748. The standard InChI is InChI=1S/C16H19ClN2/c1-12-5-3-4-6-15(12)19(2)16(11-18)13-7-9-14(17)10-8-13/h3-10,16H,11,18H2,1-2H3. The maximum Gasteiger partial charge on any atom is 0.0661 e. The zero-order chi connectivity index (χ0) is 13.8. The van der Waals surface area contributed by atoms with Crippen LogP contribution in [0.1, 0.15) is 17.2 Å². The number of benzene rings is 2. The Morgan fingerprint density at radius 1 is 1.11 bits per heavy atom. The SMILES string of the molecule is Cc1ccccc1N(C)C(CN)c1ccc(Cl)cc1. The van der Waals surface area contributed by atoms with Crippen LogP contribution in [0.25, 0.3) is 0 Å². The molecule has 0 aliphatic rings. The average Bonchev–Trinajstić information content (AvgIpc) is 2.42. The van der Waals surface area contributed by atoms with Crippen molar-refractivity contribution >= 4 is 17.3 Å². The maximum atomic E-state index is 5.96. The second-order valence-corrected chi connectivity index (χ2v) is 5.14. The first-order valence-electron chi connectivity index (χ1n) is 6.37. The van der Waals surface area contributed by atoms with Gasteiger partial charge in [-0.25, -0.2) is 0 Å².